The van der Waals surface area contributed by atoms with Gasteiger partial charge in [0.15, 0.2) is 0 Å². The molecule has 1 aliphatic heterocycles. The van der Waals surface area contributed by atoms with E-state index in [0.29, 0.717) is 11.6 Å². The number of benzene rings is 1. The molecule has 0 saturated carbocycles. The SMILES string of the molecule is Cc1c(O)cc2c(c1C)OC(C)(CCCCl)CC2. The Hall–Kier alpha value is -0.890. The number of ether oxygens (including phenoxy) is 1. The summed E-state index contributed by atoms with van der Waals surface area (Å²) in [5.74, 6) is 2.02. The summed E-state index contributed by atoms with van der Waals surface area (Å²) in [6.45, 7) is 6.10. The van der Waals surface area contributed by atoms with Gasteiger partial charge in [0.05, 0.1) is 0 Å². The largest absolute Gasteiger partial charge is 0.508 e. The van der Waals surface area contributed by atoms with E-state index in [4.69, 9.17) is 16.3 Å². The van der Waals surface area contributed by atoms with Crippen molar-refractivity contribution in [2.45, 2.75) is 52.1 Å². The molecule has 1 aromatic rings. The van der Waals surface area contributed by atoms with Gasteiger partial charge in [-0.2, -0.15) is 0 Å². The van der Waals surface area contributed by atoms with E-state index in [1.54, 1.807) is 0 Å². The molecule has 1 atom stereocenters. The molecule has 0 radical (unpaired) electrons. The minimum absolute atomic E-state index is 0.115. The number of halogens is 1. The second-order valence-electron chi connectivity index (χ2n) is 5.48. The van der Waals surface area contributed by atoms with Gasteiger partial charge >= 0.3 is 0 Å². The van der Waals surface area contributed by atoms with Gasteiger partial charge in [-0.3, -0.25) is 0 Å². The predicted molar refractivity (Wildman–Crippen MR) is 74.9 cm³/mol. The highest BCUT2D eigenvalue weighted by molar-refractivity contribution is 6.17. The molecule has 2 rings (SSSR count). The van der Waals surface area contributed by atoms with Crippen LogP contribution in [0.3, 0.4) is 0 Å². The third kappa shape index (κ3) is 2.44. The van der Waals surface area contributed by atoms with Gasteiger partial charge < -0.3 is 9.84 Å². The van der Waals surface area contributed by atoms with Crippen molar-refractivity contribution < 1.29 is 9.84 Å². The molecule has 0 aromatic heterocycles. The third-order valence-electron chi connectivity index (χ3n) is 4.00. The zero-order valence-corrected chi connectivity index (χ0v) is 12.1. The molecule has 1 heterocycles. The first kappa shape index (κ1) is 13.5. The van der Waals surface area contributed by atoms with Gasteiger partial charge in [0.25, 0.3) is 0 Å². The highest BCUT2D eigenvalue weighted by Crippen LogP contribution is 2.41. The minimum Gasteiger partial charge on any atom is -0.508 e. The molecule has 0 amide bonds. The second kappa shape index (κ2) is 5.00. The Morgan fingerprint density at radius 3 is 2.78 bits per heavy atom. The van der Waals surface area contributed by atoms with Crippen LogP contribution in [0.4, 0.5) is 0 Å². The molecule has 2 nitrogen and oxygen atoms in total. The first-order valence-electron chi connectivity index (χ1n) is 6.54. The first-order chi connectivity index (χ1) is 8.47. The maximum Gasteiger partial charge on any atom is 0.126 e. The smallest absolute Gasteiger partial charge is 0.126 e. The van der Waals surface area contributed by atoms with Crippen LogP contribution in [0.2, 0.25) is 0 Å². The van der Waals surface area contributed by atoms with Gasteiger partial charge in [-0.15, -0.1) is 11.6 Å². The molecule has 0 bridgehead atoms. The van der Waals surface area contributed by atoms with Crippen molar-refractivity contribution in [3.63, 3.8) is 0 Å². The van der Waals surface area contributed by atoms with Gasteiger partial charge in [0.1, 0.15) is 17.1 Å². The summed E-state index contributed by atoms with van der Waals surface area (Å²) in [6.07, 6.45) is 3.90. The predicted octanol–water partition coefficient (Wildman–Crippen LogP) is 4.11. The van der Waals surface area contributed by atoms with Crippen molar-refractivity contribution in [3.8, 4) is 11.5 Å². The maximum absolute atomic E-state index is 9.85. The summed E-state index contributed by atoms with van der Waals surface area (Å²) in [7, 11) is 0. The Balaban J connectivity index is 2.31. The van der Waals surface area contributed by atoms with Gasteiger partial charge in [-0.1, -0.05) is 0 Å². The van der Waals surface area contributed by atoms with Crippen LogP contribution in [0.25, 0.3) is 0 Å². The van der Waals surface area contributed by atoms with Gasteiger partial charge in [-0.05, 0) is 69.2 Å². The van der Waals surface area contributed by atoms with E-state index in [2.05, 4.69) is 6.92 Å². The second-order valence-corrected chi connectivity index (χ2v) is 5.86. The average molecular weight is 269 g/mol. The summed E-state index contributed by atoms with van der Waals surface area (Å²) >= 11 is 5.77. The first-order valence-corrected chi connectivity index (χ1v) is 7.07. The van der Waals surface area contributed by atoms with Crippen LogP contribution < -0.4 is 4.74 Å². The molecule has 1 unspecified atom stereocenters. The van der Waals surface area contributed by atoms with E-state index in [1.807, 2.05) is 19.9 Å². The quantitative estimate of drug-likeness (QED) is 0.836. The van der Waals surface area contributed by atoms with E-state index >= 15 is 0 Å². The number of fused-ring (bicyclic) bond motifs is 1. The minimum atomic E-state index is -0.115. The number of alkyl halides is 1. The Labute approximate surface area is 114 Å². The summed E-state index contributed by atoms with van der Waals surface area (Å²) in [5.41, 5.74) is 2.98. The topological polar surface area (TPSA) is 29.5 Å². The van der Waals surface area contributed by atoms with Crippen molar-refractivity contribution in [1.29, 1.82) is 0 Å². The number of hydrogen-bond donors (Lipinski definition) is 1. The number of rotatable bonds is 3. The zero-order valence-electron chi connectivity index (χ0n) is 11.3. The third-order valence-corrected chi connectivity index (χ3v) is 4.27. The Morgan fingerprint density at radius 2 is 2.11 bits per heavy atom. The number of phenols is 1. The highest BCUT2D eigenvalue weighted by atomic mass is 35.5. The molecule has 1 N–H and O–H groups in total. The number of hydrogen-bond acceptors (Lipinski definition) is 2. The van der Waals surface area contributed by atoms with Gasteiger partial charge in [-0.25, -0.2) is 0 Å². The van der Waals surface area contributed by atoms with E-state index in [9.17, 15) is 5.11 Å². The molecule has 0 spiro atoms. The van der Waals surface area contributed by atoms with Crippen LogP contribution in [0.5, 0.6) is 11.5 Å². The number of aryl methyl sites for hydroxylation is 1. The molecule has 100 valence electrons. The lowest BCUT2D eigenvalue weighted by molar-refractivity contribution is 0.0546. The van der Waals surface area contributed by atoms with Crippen molar-refractivity contribution in [1.82, 2.24) is 0 Å². The Morgan fingerprint density at radius 1 is 1.39 bits per heavy atom. The molecule has 1 aliphatic rings. The summed E-state index contributed by atoms with van der Waals surface area (Å²) < 4.78 is 6.22. The normalized spacial score (nSPS) is 22.4. The molecule has 3 heteroatoms. The van der Waals surface area contributed by atoms with E-state index in [1.165, 1.54) is 0 Å². The number of aromatic hydroxyl groups is 1. The fourth-order valence-electron chi connectivity index (χ4n) is 2.58. The van der Waals surface area contributed by atoms with Gasteiger partial charge in [0, 0.05) is 5.88 Å². The monoisotopic (exact) mass is 268 g/mol. The summed E-state index contributed by atoms with van der Waals surface area (Å²) in [6, 6.07) is 1.85. The van der Waals surface area contributed by atoms with Crippen LogP contribution in [-0.4, -0.2) is 16.6 Å². The lowest BCUT2D eigenvalue weighted by Gasteiger charge is -2.37. The average Bonchev–Trinajstić information content (AvgIpc) is 2.35. The summed E-state index contributed by atoms with van der Waals surface area (Å²) in [5, 5.41) is 9.85. The molecule has 0 saturated heterocycles. The maximum atomic E-state index is 9.85. The lowest BCUT2D eigenvalue weighted by atomic mass is 9.87. The van der Waals surface area contributed by atoms with E-state index in [0.717, 1.165) is 48.1 Å². The zero-order chi connectivity index (χ0) is 13.3. The van der Waals surface area contributed by atoms with Crippen LogP contribution >= 0.6 is 11.6 Å². The van der Waals surface area contributed by atoms with Crippen molar-refractivity contribution in [2.75, 3.05) is 5.88 Å². The fourth-order valence-corrected chi connectivity index (χ4v) is 2.72. The van der Waals surface area contributed by atoms with Crippen LogP contribution in [0, 0.1) is 13.8 Å². The van der Waals surface area contributed by atoms with Gasteiger partial charge in [0.2, 0.25) is 0 Å². The molecular weight excluding hydrogens is 248 g/mol. The van der Waals surface area contributed by atoms with E-state index in [-0.39, 0.29) is 5.60 Å². The molecule has 1 aromatic carbocycles. The molecular formula is C15H21ClO2. The van der Waals surface area contributed by atoms with Crippen LogP contribution in [0.1, 0.15) is 42.9 Å². The van der Waals surface area contributed by atoms with Crippen molar-refractivity contribution in [2.24, 2.45) is 0 Å². The fraction of sp³-hybridized carbons (Fsp3) is 0.600. The van der Waals surface area contributed by atoms with Crippen LogP contribution in [-0.2, 0) is 6.42 Å². The standard InChI is InChI=1S/C15H21ClO2/c1-10-11(2)14-12(9-13(10)17)5-7-15(3,18-14)6-4-8-16/h9,17H,4-8H2,1-3H3. The van der Waals surface area contributed by atoms with Crippen LogP contribution in [0.15, 0.2) is 6.07 Å². The Bertz CT molecular complexity index is 456. The molecule has 0 aliphatic carbocycles. The summed E-state index contributed by atoms with van der Waals surface area (Å²) in [4.78, 5) is 0. The van der Waals surface area contributed by atoms with Crippen molar-refractivity contribution >= 4 is 11.6 Å². The highest BCUT2D eigenvalue weighted by Gasteiger charge is 2.32. The molecule has 0 fully saturated rings. The molecule has 18 heavy (non-hydrogen) atoms. The van der Waals surface area contributed by atoms with Crippen molar-refractivity contribution in [3.05, 3.63) is 22.8 Å². The number of phenolic OH excluding ortho intramolecular Hbond substituents is 1. The Kier molecular flexibility index (Phi) is 3.76. The van der Waals surface area contributed by atoms with E-state index < -0.39 is 0 Å². The lowest BCUT2D eigenvalue weighted by Crippen LogP contribution is -2.36.